The van der Waals surface area contributed by atoms with Crippen molar-refractivity contribution in [3.05, 3.63) is 29.8 Å². The minimum atomic E-state index is -5.45. The number of amides is 1. The van der Waals surface area contributed by atoms with Crippen molar-refractivity contribution in [2.45, 2.75) is 43.4 Å². The average Bonchev–Trinajstić information content (AvgIpc) is 2.98. The number of nitrogens with one attached hydrogen (secondary N) is 1. The van der Waals surface area contributed by atoms with E-state index in [-0.39, 0.29) is 17.7 Å². The Morgan fingerprint density at radius 1 is 1.26 bits per heavy atom. The van der Waals surface area contributed by atoms with Gasteiger partial charge >= 0.3 is 17.8 Å². The van der Waals surface area contributed by atoms with Gasteiger partial charge in [-0.2, -0.15) is 17.9 Å². The Kier molecular flexibility index (Phi) is 5.85. The van der Waals surface area contributed by atoms with Crippen molar-refractivity contribution in [3.8, 4) is 0 Å². The molecule has 1 aliphatic heterocycles. The summed E-state index contributed by atoms with van der Waals surface area (Å²) in [6, 6.07) is 5.01. The Morgan fingerprint density at radius 2 is 1.85 bits per heavy atom. The van der Waals surface area contributed by atoms with Gasteiger partial charge in [0.1, 0.15) is 0 Å². The van der Waals surface area contributed by atoms with E-state index in [1.165, 1.54) is 23.8 Å². The fourth-order valence-electron chi connectivity index (χ4n) is 2.74. The Bertz CT molecular complexity index is 823. The first-order valence-corrected chi connectivity index (χ1v) is 9.59. The molecule has 1 heterocycles. The maximum absolute atomic E-state index is 14.1. The van der Waals surface area contributed by atoms with E-state index >= 15 is 0 Å². The summed E-state index contributed by atoms with van der Waals surface area (Å²) in [6.45, 7) is 2.09. The van der Waals surface area contributed by atoms with Crippen molar-refractivity contribution in [2.24, 2.45) is 0 Å². The van der Waals surface area contributed by atoms with Crippen LogP contribution in [0.15, 0.2) is 29.2 Å². The van der Waals surface area contributed by atoms with Crippen molar-refractivity contribution in [1.82, 2.24) is 9.62 Å². The molecule has 1 N–H and O–H groups in total. The van der Waals surface area contributed by atoms with Gasteiger partial charge in [-0.05, 0) is 32.4 Å². The van der Waals surface area contributed by atoms with Crippen molar-refractivity contribution in [2.75, 3.05) is 13.2 Å². The highest BCUT2D eigenvalue weighted by atomic mass is 32.2. The number of alkyl halides is 3. The average molecular weight is 408 g/mol. The smallest absolute Gasteiger partial charge is 0.437 e. The fourth-order valence-corrected chi connectivity index (χ4v) is 4.05. The van der Waals surface area contributed by atoms with Gasteiger partial charge < -0.3 is 9.64 Å². The van der Waals surface area contributed by atoms with Gasteiger partial charge in [-0.1, -0.05) is 17.7 Å². The molecule has 0 aromatic heterocycles. The molecule has 1 aromatic rings. The van der Waals surface area contributed by atoms with E-state index in [1.807, 2.05) is 0 Å². The van der Waals surface area contributed by atoms with Crippen LogP contribution in [0.2, 0.25) is 0 Å². The molecule has 0 unspecified atom stereocenters. The zero-order valence-electron chi connectivity index (χ0n) is 14.7. The molecular weight excluding hydrogens is 389 g/mol. The summed E-state index contributed by atoms with van der Waals surface area (Å²) in [5.74, 6) is -2.89. The lowest BCUT2D eigenvalue weighted by molar-refractivity contribution is -0.241. The Morgan fingerprint density at radius 3 is 2.30 bits per heavy atom. The molecule has 0 spiro atoms. The summed E-state index contributed by atoms with van der Waals surface area (Å²) < 4.78 is 73.4. The van der Waals surface area contributed by atoms with Gasteiger partial charge in [0.2, 0.25) is 15.9 Å². The Hall–Kier alpha value is -2.14. The highest BCUT2D eigenvalue weighted by Gasteiger charge is 2.69. The zero-order chi connectivity index (χ0) is 20.5. The van der Waals surface area contributed by atoms with E-state index in [0.717, 1.165) is 12.1 Å². The topological polar surface area (TPSA) is 92.8 Å². The first-order valence-electron chi connectivity index (χ1n) is 8.11. The van der Waals surface area contributed by atoms with Crippen LogP contribution in [-0.2, 0) is 24.3 Å². The summed E-state index contributed by atoms with van der Waals surface area (Å²) in [4.78, 5) is 24.1. The molecule has 1 aliphatic rings. The second-order valence-corrected chi connectivity index (χ2v) is 7.68. The largest absolute Gasteiger partial charge is 0.463 e. The van der Waals surface area contributed by atoms with Gasteiger partial charge in [-0.3, -0.25) is 4.79 Å². The van der Waals surface area contributed by atoms with E-state index in [0.29, 0.717) is 5.56 Å². The number of benzene rings is 1. The van der Waals surface area contributed by atoms with Gasteiger partial charge in [-0.25, -0.2) is 13.2 Å². The SMILES string of the molecule is CCOC(=O)[C@@](NS(=O)(=O)c1ccc(C)cc1)(N1CCCC1=O)C(F)(F)F. The molecule has 2 rings (SSSR count). The number of likely N-dealkylation sites (tertiary alicyclic amines) is 1. The number of rotatable bonds is 6. The lowest BCUT2D eigenvalue weighted by Gasteiger charge is -2.40. The minimum Gasteiger partial charge on any atom is -0.463 e. The second kappa shape index (κ2) is 7.47. The first-order chi connectivity index (χ1) is 12.5. The van der Waals surface area contributed by atoms with Gasteiger partial charge in [0.05, 0.1) is 11.5 Å². The van der Waals surface area contributed by atoms with Crippen molar-refractivity contribution < 1.29 is 35.9 Å². The standard InChI is InChI=1S/C16H19F3N2O5S/c1-3-26-14(23)15(16(17,18)19,21-10-4-5-13(21)22)20-27(24,25)12-8-6-11(2)7-9-12/h6-9,20H,3-5,10H2,1-2H3/t15-/m1/s1. The summed E-state index contributed by atoms with van der Waals surface area (Å²) >= 11 is 0. The molecule has 1 fully saturated rings. The van der Waals surface area contributed by atoms with Crippen LogP contribution in [0.3, 0.4) is 0 Å². The van der Waals surface area contributed by atoms with Crippen LogP contribution >= 0.6 is 0 Å². The second-order valence-electron chi connectivity index (χ2n) is 6.00. The maximum Gasteiger partial charge on any atom is 0.437 e. The van der Waals surface area contributed by atoms with Crippen LogP contribution in [0, 0.1) is 6.92 Å². The Balaban J connectivity index is 2.62. The third-order valence-corrected chi connectivity index (χ3v) is 5.53. The fraction of sp³-hybridized carbons (Fsp3) is 0.500. The third-order valence-electron chi connectivity index (χ3n) is 4.07. The molecule has 0 bridgehead atoms. The molecule has 7 nitrogen and oxygen atoms in total. The van der Waals surface area contributed by atoms with Crippen LogP contribution in [0.1, 0.15) is 25.3 Å². The molecule has 0 aliphatic carbocycles. The van der Waals surface area contributed by atoms with Gasteiger partial charge in [-0.15, -0.1) is 0 Å². The number of aryl methyl sites for hydroxylation is 1. The van der Waals surface area contributed by atoms with Crippen LogP contribution in [0.5, 0.6) is 0 Å². The number of ether oxygens (including phenoxy) is 1. The summed E-state index contributed by atoms with van der Waals surface area (Å²) in [5.41, 5.74) is -3.14. The number of carbonyl (C=O) groups is 2. The molecule has 0 saturated carbocycles. The normalized spacial score (nSPS) is 17.7. The molecule has 0 radical (unpaired) electrons. The number of nitrogens with zero attached hydrogens (tertiary/aromatic N) is 1. The zero-order valence-corrected chi connectivity index (χ0v) is 15.5. The van der Waals surface area contributed by atoms with Crippen LogP contribution in [-0.4, -0.2) is 50.2 Å². The molecule has 11 heteroatoms. The van der Waals surface area contributed by atoms with Crippen molar-refractivity contribution in [1.29, 1.82) is 0 Å². The van der Waals surface area contributed by atoms with Crippen molar-refractivity contribution in [3.63, 3.8) is 0 Å². The number of halogens is 3. The first kappa shape index (κ1) is 21.2. The van der Waals surface area contributed by atoms with E-state index in [1.54, 1.807) is 6.92 Å². The number of esters is 1. The molecule has 1 saturated heterocycles. The monoisotopic (exact) mass is 408 g/mol. The number of hydrogen-bond donors (Lipinski definition) is 1. The van der Waals surface area contributed by atoms with Crippen molar-refractivity contribution >= 4 is 21.9 Å². The summed E-state index contributed by atoms with van der Waals surface area (Å²) in [6.07, 6.45) is -5.62. The van der Waals surface area contributed by atoms with E-state index in [2.05, 4.69) is 4.74 Å². The lowest BCUT2D eigenvalue weighted by atomic mass is 10.1. The Labute approximate surface area is 154 Å². The minimum absolute atomic E-state index is 0.0579. The van der Waals surface area contributed by atoms with Gasteiger partial charge in [0.25, 0.3) is 0 Å². The van der Waals surface area contributed by atoms with Gasteiger partial charge in [0.15, 0.2) is 0 Å². The molecule has 150 valence electrons. The maximum atomic E-state index is 14.1. The quantitative estimate of drug-likeness (QED) is 0.724. The third kappa shape index (κ3) is 3.93. The van der Waals surface area contributed by atoms with E-state index in [4.69, 9.17) is 0 Å². The highest BCUT2D eigenvalue weighted by molar-refractivity contribution is 7.89. The summed E-state index contributed by atoms with van der Waals surface area (Å²) in [5, 5.41) is 0. The highest BCUT2D eigenvalue weighted by Crippen LogP contribution is 2.38. The summed E-state index contributed by atoms with van der Waals surface area (Å²) in [7, 11) is -4.81. The van der Waals surface area contributed by atoms with Crippen LogP contribution in [0.25, 0.3) is 0 Å². The molecule has 1 aromatic carbocycles. The van der Waals surface area contributed by atoms with E-state index in [9.17, 15) is 31.2 Å². The van der Waals surface area contributed by atoms with E-state index < -0.39 is 51.8 Å². The molecule has 27 heavy (non-hydrogen) atoms. The molecule has 1 amide bonds. The predicted octanol–water partition coefficient (Wildman–Crippen LogP) is 1.72. The predicted molar refractivity (Wildman–Crippen MR) is 87.9 cm³/mol. The molecule has 1 atom stereocenters. The van der Waals surface area contributed by atoms with Gasteiger partial charge in [0, 0.05) is 13.0 Å². The number of sulfonamides is 1. The number of carbonyl (C=O) groups excluding carboxylic acids is 2. The lowest BCUT2D eigenvalue weighted by Crippen LogP contribution is -2.73. The van der Waals surface area contributed by atoms with Crippen LogP contribution < -0.4 is 4.72 Å². The van der Waals surface area contributed by atoms with Crippen LogP contribution in [0.4, 0.5) is 13.2 Å². The number of hydrogen-bond acceptors (Lipinski definition) is 5. The molecular formula is C16H19F3N2O5S.